The summed E-state index contributed by atoms with van der Waals surface area (Å²) < 4.78 is 4.82. The number of anilines is 1. The number of benzene rings is 1. The first-order valence-corrected chi connectivity index (χ1v) is 5.16. The van der Waals surface area contributed by atoms with Gasteiger partial charge in [0.05, 0.1) is 17.2 Å². The average Bonchev–Trinajstić information content (AvgIpc) is 2.16. The molecule has 5 heteroatoms. The van der Waals surface area contributed by atoms with Crippen molar-refractivity contribution in [3.05, 3.63) is 28.8 Å². The lowest BCUT2D eigenvalue weighted by Crippen LogP contribution is -2.08. The number of amides is 1. The highest BCUT2D eigenvalue weighted by molar-refractivity contribution is 6.33. The second-order valence-corrected chi connectivity index (χ2v) is 3.50. The molecule has 1 aromatic rings. The summed E-state index contributed by atoms with van der Waals surface area (Å²) in [6, 6.07) is 4.63. The van der Waals surface area contributed by atoms with Crippen LogP contribution in [0.15, 0.2) is 18.2 Å². The number of esters is 1. The zero-order valence-corrected chi connectivity index (χ0v) is 9.80. The number of nitrogens with one attached hydrogen (secondary N) is 1. The number of hydrogen-bond acceptors (Lipinski definition) is 3. The van der Waals surface area contributed by atoms with Gasteiger partial charge in [0, 0.05) is 12.6 Å². The minimum Gasteiger partial charge on any atom is -0.462 e. The van der Waals surface area contributed by atoms with Crippen molar-refractivity contribution in [3.63, 3.8) is 0 Å². The summed E-state index contributed by atoms with van der Waals surface area (Å²) in [5.41, 5.74) is 0.836. The first kappa shape index (κ1) is 12.5. The van der Waals surface area contributed by atoms with Crippen molar-refractivity contribution in [1.82, 2.24) is 0 Å². The molecule has 1 N–H and O–H groups in total. The van der Waals surface area contributed by atoms with E-state index in [1.807, 2.05) is 0 Å². The van der Waals surface area contributed by atoms with E-state index < -0.39 is 5.97 Å². The molecule has 0 aliphatic rings. The molecule has 0 radical (unpaired) electrons. The molecule has 0 unspecified atom stereocenters. The number of carbonyl (C=O) groups is 2. The molecule has 0 atom stereocenters. The fourth-order valence-electron chi connectivity index (χ4n) is 1.17. The summed E-state index contributed by atoms with van der Waals surface area (Å²) in [5, 5.41) is 2.82. The van der Waals surface area contributed by atoms with E-state index in [2.05, 4.69) is 5.32 Å². The molecule has 0 aromatic heterocycles. The SMILES string of the molecule is CCOC(=O)c1ccc(NC(C)=O)cc1Cl. The highest BCUT2D eigenvalue weighted by Crippen LogP contribution is 2.21. The lowest BCUT2D eigenvalue weighted by atomic mass is 10.2. The highest BCUT2D eigenvalue weighted by Gasteiger charge is 2.11. The molecule has 1 amide bonds. The van der Waals surface area contributed by atoms with Crippen molar-refractivity contribution >= 4 is 29.2 Å². The summed E-state index contributed by atoms with van der Waals surface area (Å²) in [7, 11) is 0. The van der Waals surface area contributed by atoms with E-state index in [0.717, 1.165) is 0 Å². The molecule has 0 saturated carbocycles. The molecule has 0 saturated heterocycles. The number of ether oxygens (including phenoxy) is 1. The topological polar surface area (TPSA) is 55.4 Å². The number of rotatable bonds is 3. The van der Waals surface area contributed by atoms with Crippen LogP contribution in [-0.4, -0.2) is 18.5 Å². The third kappa shape index (κ3) is 3.24. The third-order valence-corrected chi connectivity index (χ3v) is 2.10. The molecule has 0 bridgehead atoms. The van der Waals surface area contributed by atoms with Crippen molar-refractivity contribution in [3.8, 4) is 0 Å². The molecule has 0 aliphatic heterocycles. The van der Waals surface area contributed by atoms with E-state index in [-0.39, 0.29) is 16.5 Å². The standard InChI is InChI=1S/C11H12ClNO3/c1-3-16-11(15)9-5-4-8(6-10(9)12)13-7(2)14/h4-6H,3H2,1-2H3,(H,13,14). The summed E-state index contributed by atoms with van der Waals surface area (Å²) in [6.07, 6.45) is 0. The van der Waals surface area contributed by atoms with Gasteiger partial charge in [-0.05, 0) is 25.1 Å². The maximum atomic E-state index is 11.4. The molecule has 16 heavy (non-hydrogen) atoms. The number of halogens is 1. The van der Waals surface area contributed by atoms with Gasteiger partial charge < -0.3 is 10.1 Å². The summed E-state index contributed by atoms with van der Waals surface area (Å²) >= 11 is 5.89. The number of hydrogen-bond donors (Lipinski definition) is 1. The highest BCUT2D eigenvalue weighted by atomic mass is 35.5. The Morgan fingerprint density at radius 3 is 2.62 bits per heavy atom. The van der Waals surface area contributed by atoms with Crippen LogP contribution in [0, 0.1) is 0 Å². The van der Waals surface area contributed by atoms with Gasteiger partial charge in [-0.15, -0.1) is 0 Å². The van der Waals surface area contributed by atoms with Crippen molar-refractivity contribution in [1.29, 1.82) is 0 Å². The minimum absolute atomic E-state index is 0.194. The first-order valence-electron chi connectivity index (χ1n) is 4.79. The predicted octanol–water partition coefficient (Wildman–Crippen LogP) is 2.48. The minimum atomic E-state index is -0.470. The fraction of sp³-hybridized carbons (Fsp3) is 0.273. The van der Waals surface area contributed by atoms with Gasteiger partial charge in [-0.1, -0.05) is 11.6 Å². The van der Waals surface area contributed by atoms with E-state index in [9.17, 15) is 9.59 Å². The summed E-state index contributed by atoms with van der Waals surface area (Å²) in [4.78, 5) is 22.2. The van der Waals surface area contributed by atoms with Crippen LogP contribution in [0.25, 0.3) is 0 Å². The van der Waals surface area contributed by atoms with E-state index in [1.165, 1.54) is 19.1 Å². The van der Waals surface area contributed by atoms with Crippen LogP contribution in [0.1, 0.15) is 24.2 Å². The van der Waals surface area contributed by atoms with Crippen molar-refractivity contribution < 1.29 is 14.3 Å². The Bertz CT molecular complexity index is 418. The van der Waals surface area contributed by atoms with Gasteiger partial charge >= 0.3 is 5.97 Å². The van der Waals surface area contributed by atoms with Crippen LogP contribution >= 0.6 is 11.6 Å². The molecule has 0 fully saturated rings. The van der Waals surface area contributed by atoms with Gasteiger partial charge in [0.15, 0.2) is 0 Å². The van der Waals surface area contributed by atoms with Gasteiger partial charge in [-0.3, -0.25) is 4.79 Å². The monoisotopic (exact) mass is 241 g/mol. The second kappa shape index (κ2) is 5.51. The molecular weight excluding hydrogens is 230 g/mol. The lowest BCUT2D eigenvalue weighted by molar-refractivity contribution is -0.114. The molecule has 1 aromatic carbocycles. The van der Waals surface area contributed by atoms with Crippen LogP contribution in [0.3, 0.4) is 0 Å². The molecule has 0 spiro atoms. The van der Waals surface area contributed by atoms with Gasteiger partial charge in [-0.2, -0.15) is 0 Å². The van der Waals surface area contributed by atoms with Crippen LogP contribution in [0.5, 0.6) is 0 Å². The molecular formula is C11H12ClNO3. The van der Waals surface area contributed by atoms with Gasteiger partial charge in [0.25, 0.3) is 0 Å². The summed E-state index contributed by atoms with van der Waals surface area (Å²) in [6.45, 7) is 3.41. The zero-order valence-electron chi connectivity index (χ0n) is 9.04. The largest absolute Gasteiger partial charge is 0.462 e. The Balaban J connectivity index is 2.91. The van der Waals surface area contributed by atoms with Gasteiger partial charge in [-0.25, -0.2) is 4.79 Å². The summed E-state index contributed by atoms with van der Waals surface area (Å²) in [5.74, 6) is -0.665. The predicted molar refractivity (Wildman–Crippen MR) is 61.7 cm³/mol. The Morgan fingerprint density at radius 2 is 2.12 bits per heavy atom. The van der Waals surface area contributed by atoms with Crippen molar-refractivity contribution in [2.75, 3.05) is 11.9 Å². The normalized spacial score (nSPS) is 9.69. The van der Waals surface area contributed by atoms with Gasteiger partial charge in [0.2, 0.25) is 5.91 Å². The molecule has 1 rings (SSSR count). The molecule has 4 nitrogen and oxygen atoms in total. The zero-order chi connectivity index (χ0) is 12.1. The quantitative estimate of drug-likeness (QED) is 0.827. The van der Waals surface area contributed by atoms with E-state index in [4.69, 9.17) is 16.3 Å². The Hall–Kier alpha value is -1.55. The third-order valence-electron chi connectivity index (χ3n) is 1.78. The van der Waals surface area contributed by atoms with Gasteiger partial charge in [0.1, 0.15) is 0 Å². The first-order chi connectivity index (χ1) is 7.54. The fourth-order valence-corrected chi connectivity index (χ4v) is 1.43. The van der Waals surface area contributed by atoms with Crippen LogP contribution < -0.4 is 5.32 Å². The second-order valence-electron chi connectivity index (χ2n) is 3.10. The Morgan fingerprint density at radius 1 is 1.44 bits per heavy atom. The van der Waals surface area contributed by atoms with Crippen LogP contribution in [0.2, 0.25) is 5.02 Å². The Labute approximate surface area is 98.5 Å². The van der Waals surface area contributed by atoms with E-state index in [1.54, 1.807) is 13.0 Å². The molecule has 0 aliphatic carbocycles. The van der Waals surface area contributed by atoms with E-state index >= 15 is 0 Å². The van der Waals surface area contributed by atoms with E-state index in [0.29, 0.717) is 12.3 Å². The molecule has 0 heterocycles. The maximum absolute atomic E-state index is 11.4. The average molecular weight is 242 g/mol. The molecule has 86 valence electrons. The lowest BCUT2D eigenvalue weighted by Gasteiger charge is -2.06. The van der Waals surface area contributed by atoms with Crippen molar-refractivity contribution in [2.45, 2.75) is 13.8 Å². The smallest absolute Gasteiger partial charge is 0.339 e. The van der Waals surface area contributed by atoms with Crippen LogP contribution in [0.4, 0.5) is 5.69 Å². The maximum Gasteiger partial charge on any atom is 0.339 e. The van der Waals surface area contributed by atoms with Crippen molar-refractivity contribution in [2.24, 2.45) is 0 Å². The van der Waals surface area contributed by atoms with Crippen LogP contribution in [-0.2, 0) is 9.53 Å². The number of carbonyl (C=O) groups excluding carboxylic acids is 2. The Kier molecular flexibility index (Phi) is 4.31.